The van der Waals surface area contributed by atoms with E-state index in [1.807, 2.05) is 12.3 Å². The molecule has 3 aromatic rings. The van der Waals surface area contributed by atoms with Crippen LogP contribution in [0.25, 0.3) is 0 Å². The highest BCUT2D eigenvalue weighted by molar-refractivity contribution is 7.09. The highest BCUT2D eigenvalue weighted by Crippen LogP contribution is 2.30. The Hall–Kier alpha value is -3.12. The Morgan fingerprint density at radius 1 is 1.00 bits per heavy atom. The number of ketones is 2. The first kappa shape index (κ1) is 17.3. The predicted molar refractivity (Wildman–Crippen MR) is 100 cm³/mol. The number of carbonyl (C=O) groups excluding carboxylic acids is 3. The molecule has 0 saturated carbocycles. The van der Waals surface area contributed by atoms with Gasteiger partial charge >= 0.3 is 5.97 Å². The van der Waals surface area contributed by atoms with Crippen LogP contribution in [-0.2, 0) is 17.8 Å². The zero-order valence-electron chi connectivity index (χ0n) is 14.5. The number of aryl methyl sites for hydroxylation is 1. The van der Waals surface area contributed by atoms with Crippen molar-refractivity contribution in [3.8, 4) is 0 Å². The molecule has 0 saturated heterocycles. The number of ether oxygens (including phenoxy) is 1. The largest absolute Gasteiger partial charge is 0.456 e. The molecule has 0 atom stereocenters. The van der Waals surface area contributed by atoms with E-state index in [9.17, 15) is 14.4 Å². The van der Waals surface area contributed by atoms with Gasteiger partial charge < -0.3 is 4.74 Å². The van der Waals surface area contributed by atoms with Crippen LogP contribution in [0.1, 0.15) is 59.8 Å². The maximum atomic E-state index is 12.9. The van der Waals surface area contributed by atoms with Crippen LogP contribution in [0.15, 0.2) is 47.8 Å². The molecule has 1 aliphatic carbocycles. The van der Waals surface area contributed by atoms with Crippen molar-refractivity contribution in [2.24, 2.45) is 0 Å². The minimum Gasteiger partial charge on any atom is -0.456 e. The zero-order chi connectivity index (χ0) is 19.0. The minimum absolute atomic E-state index is 0.0255. The summed E-state index contributed by atoms with van der Waals surface area (Å²) in [5, 5.41) is 2.81. The first-order valence-electron chi connectivity index (χ1n) is 8.52. The maximum absolute atomic E-state index is 12.9. The highest BCUT2D eigenvalue weighted by Gasteiger charge is 2.33. The van der Waals surface area contributed by atoms with E-state index in [2.05, 4.69) is 4.98 Å². The normalized spacial score (nSPS) is 12.5. The fourth-order valence-electron chi connectivity index (χ4n) is 3.11. The lowest BCUT2D eigenvalue weighted by Gasteiger charge is -2.19. The molecular weight excluding hydrogens is 362 g/mol. The number of aromatic nitrogens is 1. The molecule has 27 heavy (non-hydrogen) atoms. The fourth-order valence-corrected chi connectivity index (χ4v) is 3.84. The molecular formula is C21H15NO4S. The van der Waals surface area contributed by atoms with E-state index in [4.69, 9.17) is 4.74 Å². The van der Waals surface area contributed by atoms with E-state index in [1.54, 1.807) is 36.4 Å². The van der Waals surface area contributed by atoms with Gasteiger partial charge in [-0.2, -0.15) is 0 Å². The van der Waals surface area contributed by atoms with E-state index >= 15 is 0 Å². The standard InChI is InChI=1S/C21H15NO4S/c1-2-17-22-12(11-27-17)10-26-21(25)16-9-5-8-15-18(16)20(24)14-7-4-3-6-13(14)19(15)23/h3-9,11H,2,10H2,1H3. The second-order valence-electron chi connectivity index (χ2n) is 6.09. The molecule has 1 heterocycles. The zero-order valence-corrected chi connectivity index (χ0v) is 15.3. The smallest absolute Gasteiger partial charge is 0.339 e. The van der Waals surface area contributed by atoms with Crippen molar-refractivity contribution in [2.75, 3.05) is 0 Å². The van der Waals surface area contributed by atoms with Gasteiger partial charge in [-0.1, -0.05) is 43.3 Å². The number of rotatable bonds is 4. The summed E-state index contributed by atoms with van der Waals surface area (Å²) in [4.78, 5) is 42.6. The van der Waals surface area contributed by atoms with Gasteiger partial charge in [-0.25, -0.2) is 9.78 Å². The van der Waals surface area contributed by atoms with E-state index in [0.29, 0.717) is 16.8 Å². The number of nitrogens with zero attached hydrogens (tertiary/aromatic N) is 1. The lowest BCUT2D eigenvalue weighted by atomic mass is 9.82. The second kappa shape index (κ2) is 6.89. The van der Waals surface area contributed by atoms with Crippen LogP contribution >= 0.6 is 11.3 Å². The second-order valence-corrected chi connectivity index (χ2v) is 7.04. The molecule has 0 amide bonds. The maximum Gasteiger partial charge on any atom is 0.339 e. The van der Waals surface area contributed by atoms with Crippen LogP contribution in [0.4, 0.5) is 0 Å². The summed E-state index contributed by atoms with van der Waals surface area (Å²) in [5.41, 5.74) is 1.78. The average Bonchev–Trinajstić information content (AvgIpc) is 3.18. The average molecular weight is 377 g/mol. The van der Waals surface area contributed by atoms with Gasteiger partial charge in [0.05, 0.1) is 16.3 Å². The van der Waals surface area contributed by atoms with Gasteiger partial charge in [-0.05, 0) is 12.5 Å². The first-order valence-corrected chi connectivity index (χ1v) is 9.40. The van der Waals surface area contributed by atoms with Gasteiger partial charge in [0, 0.05) is 27.6 Å². The van der Waals surface area contributed by atoms with Crippen molar-refractivity contribution in [3.05, 3.63) is 86.4 Å². The number of fused-ring (bicyclic) bond motifs is 2. The Morgan fingerprint density at radius 2 is 1.70 bits per heavy atom. The van der Waals surface area contributed by atoms with Crippen molar-refractivity contribution < 1.29 is 19.1 Å². The van der Waals surface area contributed by atoms with Crippen LogP contribution in [0.2, 0.25) is 0 Å². The molecule has 0 fully saturated rings. The molecule has 0 bridgehead atoms. The third kappa shape index (κ3) is 2.98. The third-order valence-corrected chi connectivity index (χ3v) is 5.47. The number of benzene rings is 2. The van der Waals surface area contributed by atoms with E-state index in [-0.39, 0.29) is 34.9 Å². The van der Waals surface area contributed by atoms with Gasteiger partial charge in [0.2, 0.25) is 0 Å². The highest BCUT2D eigenvalue weighted by atomic mass is 32.1. The summed E-state index contributed by atoms with van der Waals surface area (Å²) in [7, 11) is 0. The van der Waals surface area contributed by atoms with Gasteiger partial charge in [-0.3, -0.25) is 9.59 Å². The molecule has 2 aromatic carbocycles. The van der Waals surface area contributed by atoms with Crippen molar-refractivity contribution in [3.63, 3.8) is 0 Å². The number of carbonyl (C=O) groups is 3. The first-order chi connectivity index (χ1) is 13.1. The van der Waals surface area contributed by atoms with Crippen LogP contribution < -0.4 is 0 Å². The van der Waals surface area contributed by atoms with E-state index in [0.717, 1.165) is 11.4 Å². The molecule has 0 unspecified atom stereocenters. The van der Waals surface area contributed by atoms with Gasteiger partial charge in [0.25, 0.3) is 0 Å². The van der Waals surface area contributed by atoms with Crippen LogP contribution in [0.3, 0.4) is 0 Å². The van der Waals surface area contributed by atoms with Gasteiger partial charge in [0.1, 0.15) is 6.61 Å². The predicted octanol–water partition coefficient (Wildman–Crippen LogP) is 3.84. The van der Waals surface area contributed by atoms with Crippen molar-refractivity contribution in [2.45, 2.75) is 20.0 Å². The Morgan fingerprint density at radius 3 is 2.41 bits per heavy atom. The summed E-state index contributed by atoms with van der Waals surface area (Å²) >= 11 is 1.51. The number of esters is 1. The summed E-state index contributed by atoms with van der Waals surface area (Å²) in [6.45, 7) is 2.03. The Bertz CT molecular complexity index is 1080. The Balaban J connectivity index is 1.66. The van der Waals surface area contributed by atoms with E-state index < -0.39 is 5.97 Å². The topological polar surface area (TPSA) is 73.3 Å². The third-order valence-electron chi connectivity index (χ3n) is 4.43. The number of hydrogen-bond acceptors (Lipinski definition) is 6. The minimum atomic E-state index is -0.640. The molecule has 4 rings (SSSR count). The molecule has 134 valence electrons. The van der Waals surface area contributed by atoms with Crippen molar-refractivity contribution in [1.29, 1.82) is 0 Å². The van der Waals surface area contributed by atoms with E-state index in [1.165, 1.54) is 17.4 Å². The fraction of sp³-hybridized carbons (Fsp3) is 0.143. The summed E-state index contributed by atoms with van der Waals surface area (Å²) in [6, 6.07) is 11.3. The summed E-state index contributed by atoms with van der Waals surface area (Å²) in [5.74, 6) is -1.24. The SMILES string of the molecule is CCc1nc(COC(=O)c2cccc3c2C(=O)c2ccccc2C3=O)cs1. The lowest BCUT2D eigenvalue weighted by molar-refractivity contribution is 0.0465. The van der Waals surface area contributed by atoms with Crippen molar-refractivity contribution >= 4 is 28.9 Å². The van der Waals surface area contributed by atoms with Crippen LogP contribution in [-0.4, -0.2) is 22.5 Å². The molecule has 0 N–H and O–H groups in total. The molecule has 0 radical (unpaired) electrons. The molecule has 0 aliphatic heterocycles. The molecule has 6 heteroatoms. The van der Waals surface area contributed by atoms with Gasteiger partial charge in [0.15, 0.2) is 11.6 Å². The van der Waals surface area contributed by atoms with Crippen molar-refractivity contribution in [1.82, 2.24) is 4.98 Å². The Labute approximate surface area is 159 Å². The summed E-state index contributed by atoms with van der Waals surface area (Å²) < 4.78 is 5.35. The number of thiazole rings is 1. The molecule has 1 aliphatic rings. The quantitative estimate of drug-likeness (QED) is 0.505. The summed E-state index contributed by atoms with van der Waals surface area (Å²) in [6.07, 6.45) is 0.820. The monoisotopic (exact) mass is 377 g/mol. The molecule has 0 spiro atoms. The molecule has 1 aromatic heterocycles. The van der Waals surface area contributed by atoms with Gasteiger partial charge in [-0.15, -0.1) is 11.3 Å². The lowest BCUT2D eigenvalue weighted by Crippen LogP contribution is -2.24. The molecule has 5 nitrogen and oxygen atoms in total. The Kier molecular flexibility index (Phi) is 4.41. The van der Waals surface area contributed by atoms with Crippen LogP contribution in [0.5, 0.6) is 0 Å². The van der Waals surface area contributed by atoms with Crippen LogP contribution in [0, 0.1) is 0 Å². The number of hydrogen-bond donors (Lipinski definition) is 0.